The van der Waals surface area contributed by atoms with Crippen molar-refractivity contribution >= 4 is 6.03 Å². The van der Waals surface area contributed by atoms with Gasteiger partial charge in [0.1, 0.15) is 5.76 Å². The molecule has 1 saturated heterocycles. The molecule has 1 aromatic rings. The van der Waals surface area contributed by atoms with Gasteiger partial charge in [-0.1, -0.05) is 11.2 Å². The Morgan fingerprint density at radius 2 is 2.18 bits per heavy atom. The predicted molar refractivity (Wildman–Crippen MR) is 85.7 cm³/mol. The van der Waals surface area contributed by atoms with Gasteiger partial charge in [0.2, 0.25) is 0 Å². The molecule has 0 spiro atoms. The summed E-state index contributed by atoms with van der Waals surface area (Å²) in [6.45, 7) is 12.4. The monoisotopic (exact) mass is 306 g/mol. The van der Waals surface area contributed by atoms with Gasteiger partial charge >= 0.3 is 6.03 Å². The van der Waals surface area contributed by atoms with Gasteiger partial charge in [-0.3, -0.25) is 4.90 Å². The summed E-state index contributed by atoms with van der Waals surface area (Å²) in [4.78, 5) is 14.5. The van der Waals surface area contributed by atoms with Crippen molar-refractivity contribution in [2.75, 3.05) is 19.6 Å². The zero-order valence-corrected chi connectivity index (χ0v) is 13.7. The van der Waals surface area contributed by atoms with E-state index in [1.54, 1.807) is 0 Å². The molecule has 1 aliphatic heterocycles. The van der Waals surface area contributed by atoms with E-state index in [4.69, 9.17) is 4.52 Å². The molecule has 1 aromatic heterocycles. The SMILES string of the molecule is C=CCN1CCC(NC(=O)N[C@H](C)c2c(C)noc2C)CC1. The first-order chi connectivity index (χ1) is 10.5. The van der Waals surface area contributed by atoms with Gasteiger partial charge in [0.15, 0.2) is 0 Å². The summed E-state index contributed by atoms with van der Waals surface area (Å²) in [7, 11) is 0. The molecule has 22 heavy (non-hydrogen) atoms. The van der Waals surface area contributed by atoms with E-state index >= 15 is 0 Å². The highest BCUT2D eigenvalue weighted by Gasteiger charge is 2.22. The van der Waals surface area contributed by atoms with Crippen LogP contribution in [0.5, 0.6) is 0 Å². The molecule has 2 heterocycles. The molecule has 6 heteroatoms. The van der Waals surface area contributed by atoms with Gasteiger partial charge in [0.05, 0.1) is 11.7 Å². The van der Waals surface area contributed by atoms with Crippen molar-refractivity contribution in [2.45, 2.75) is 45.7 Å². The summed E-state index contributed by atoms with van der Waals surface area (Å²) in [6.07, 6.45) is 3.87. The largest absolute Gasteiger partial charge is 0.361 e. The average Bonchev–Trinajstić information content (AvgIpc) is 2.80. The zero-order valence-electron chi connectivity index (χ0n) is 13.7. The molecular weight excluding hydrogens is 280 g/mol. The number of hydrogen-bond acceptors (Lipinski definition) is 4. The lowest BCUT2D eigenvalue weighted by molar-refractivity contribution is 0.202. The number of carbonyl (C=O) groups is 1. The van der Waals surface area contributed by atoms with Gasteiger partial charge in [0.25, 0.3) is 0 Å². The first kappa shape index (κ1) is 16.5. The van der Waals surface area contributed by atoms with Crippen molar-refractivity contribution in [3.05, 3.63) is 29.7 Å². The Labute approximate surface area is 131 Å². The summed E-state index contributed by atoms with van der Waals surface area (Å²) in [5.74, 6) is 0.753. The highest BCUT2D eigenvalue weighted by atomic mass is 16.5. The second kappa shape index (κ2) is 7.45. The third kappa shape index (κ3) is 4.10. The number of urea groups is 1. The fourth-order valence-electron chi connectivity index (χ4n) is 3.05. The Hall–Kier alpha value is -1.82. The lowest BCUT2D eigenvalue weighted by Gasteiger charge is -2.31. The van der Waals surface area contributed by atoms with Crippen LogP contribution in [0.4, 0.5) is 4.79 Å². The van der Waals surface area contributed by atoms with E-state index in [2.05, 4.69) is 27.3 Å². The summed E-state index contributed by atoms with van der Waals surface area (Å²) in [5, 5.41) is 9.95. The Kier molecular flexibility index (Phi) is 5.60. The zero-order chi connectivity index (χ0) is 16.1. The Morgan fingerprint density at radius 1 is 1.50 bits per heavy atom. The van der Waals surface area contributed by atoms with Gasteiger partial charge in [-0.2, -0.15) is 0 Å². The minimum Gasteiger partial charge on any atom is -0.361 e. The number of nitrogens with one attached hydrogen (secondary N) is 2. The number of rotatable bonds is 5. The third-order valence-electron chi connectivity index (χ3n) is 4.18. The number of nitrogens with zero attached hydrogens (tertiary/aromatic N) is 2. The number of hydrogen-bond donors (Lipinski definition) is 2. The highest BCUT2D eigenvalue weighted by molar-refractivity contribution is 5.74. The smallest absolute Gasteiger partial charge is 0.315 e. The second-order valence-electron chi connectivity index (χ2n) is 5.94. The predicted octanol–water partition coefficient (Wildman–Crippen LogP) is 2.30. The van der Waals surface area contributed by atoms with Crippen molar-refractivity contribution in [3.8, 4) is 0 Å². The van der Waals surface area contributed by atoms with Crippen molar-refractivity contribution in [1.82, 2.24) is 20.7 Å². The molecule has 1 fully saturated rings. The van der Waals surface area contributed by atoms with E-state index in [0.29, 0.717) is 0 Å². The highest BCUT2D eigenvalue weighted by Crippen LogP contribution is 2.20. The van der Waals surface area contributed by atoms with Gasteiger partial charge in [-0.15, -0.1) is 6.58 Å². The van der Waals surface area contributed by atoms with Crippen LogP contribution in [-0.2, 0) is 0 Å². The number of amides is 2. The minimum atomic E-state index is -0.130. The summed E-state index contributed by atoms with van der Waals surface area (Å²) < 4.78 is 5.15. The average molecular weight is 306 g/mol. The van der Waals surface area contributed by atoms with Crippen LogP contribution in [0, 0.1) is 13.8 Å². The van der Waals surface area contributed by atoms with Crippen molar-refractivity contribution in [2.24, 2.45) is 0 Å². The van der Waals surface area contributed by atoms with E-state index < -0.39 is 0 Å². The maximum Gasteiger partial charge on any atom is 0.315 e. The quantitative estimate of drug-likeness (QED) is 0.819. The molecular formula is C16H26N4O2. The summed E-state index contributed by atoms with van der Waals surface area (Å²) >= 11 is 0. The number of carbonyl (C=O) groups excluding carboxylic acids is 1. The summed E-state index contributed by atoms with van der Waals surface area (Å²) in [5.41, 5.74) is 1.78. The Balaban J connectivity index is 1.80. The molecule has 0 aromatic carbocycles. The van der Waals surface area contributed by atoms with Gasteiger partial charge in [-0.05, 0) is 33.6 Å². The van der Waals surface area contributed by atoms with Crippen LogP contribution in [-0.4, -0.2) is 41.8 Å². The molecule has 0 bridgehead atoms. The first-order valence-electron chi connectivity index (χ1n) is 7.84. The van der Waals surface area contributed by atoms with Crippen LogP contribution in [0.2, 0.25) is 0 Å². The maximum absolute atomic E-state index is 12.1. The van der Waals surface area contributed by atoms with E-state index in [1.807, 2.05) is 26.8 Å². The van der Waals surface area contributed by atoms with Crippen LogP contribution >= 0.6 is 0 Å². The fourth-order valence-corrected chi connectivity index (χ4v) is 3.05. The van der Waals surface area contributed by atoms with Gasteiger partial charge in [-0.25, -0.2) is 4.79 Å². The molecule has 0 aliphatic carbocycles. The van der Waals surface area contributed by atoms with Crippen molar-refractivity contribution in [1.29, 1.82) is 0 Å². The van der Waals surface area contributed by atoms with Crippen LogP contribution in [0.1, 0.15) is 42.8 Å². The second-order valence-corrected chi connectivity index (χ2v) is 5.94. The van der Waals surface area contributed by atoms with E-state index in [1.165, 1.54) is 0 Å². The van der Waals surface area contributed by atoms with Gasteiger partial charge < -0.3 is 15.2 Å². The van der Waals surface area contributed by atoms with Crippen LogP contribution in [0.15, 0.2) is 17.2 Å². The number of piperidine rings is 1. The molecule has 122 valence electrons. The van der Waals surface area contributed by atoms with Gasteiger partial charge in [0, 0.05) is 31.2 Å². The molecule has 2 N–H and O–H groups in total. The molecule has 0 radical (unpaired) electrons. The molecule has 1 atom stereocenters. The van der Waals surface area contributed by atoms with Crippen LogP contribution < -0.4 is 10.6 Å². The van der Waals surface area contributed by atoms with E-state index in [9.17, 15) is 4.79 Å². The third-order valence-corrected chi connectivity index (χ3v) is 4.18. The standard InChI is InChI=1S/C16H26N4O2/c1-5-8-20-9-6-14(7-10-20)18-16(21)17-11(2)15-12(3)19-22-13(15)4/h5,11,14H,1,6-10H2,2-4H3,(H2,17,18,21)/t11-/m1/s1. The molecule has 6 nitrogen and oxygen atoms in total. The molecule has 2 rings (SSSR count). The first-order valence-corrected chi connectivity index (χ1v) is 7.84. The topological polar surface area (TPSA) is 70.4 Å². The van der Waals surface area contributed by atoms with Crippen LogP contribution in [0.3, 0.4) is 0 Å². The molecule has 0 saturated carbocycles. The van der Waals surface area contributed by atoms with Crippen LogP contribution in [0.25, 0.3) is 0 Å². The normalized spacial score (nSPS) is 18.0. The molecule has 0 unspecified atom stereocenters. The van der Waals surface area contributed by atoms with E-state index in [-0.39, 0.29) is 18.1 Å². The number of likely N-dealkylation sites (tertiary alicyclic amines) is 1. The lowest BCUT2D eigenvalue weighted by Crippen LogP contribution is -2.48. The Bertz CT molecular complexity index is 499. The number of aromatic nitrogens is 1. The van der Waals surface area contributed by atoms with E-state index in [0.717, 1.165) is 49.5 Å². The lowest BCUT2D eigenvalue weighted by atomic mass is 10.1. The van der Waals surface area contributed by atoms with Crippen molar-refractivity contribution < 1.29 is 9.32 Å². The van der Waals surface area contributed by atoms with Crippen molar-refractivity contribution in [3.63, 3.8) is 0 Å². The number of aryl methyl sites for hydroxylation is 2. The summed E-state index contributed by atoms with van der Waals surface area (Å²) in [6, 6.07) is -0.0142. The maximum atomic E-state index is 12.1. The molecule has 1 aliphatic rings. The fraction of sp³-hybridized carbons (Fsp3) is 0.625. The Morgan fingerprint density at radius 3 is 2.73 bits per heavy atom. The molecule has 2 amide bonds. The minimum absolute atomic E-state index is 0.118.